The average Bonchev–Trinajstić information content (AvgIpc) is 2.44. The second-order valence-corrected chi connectivity index (χ2v) is 7.32. The van der Waals surface area contributed by atoms with Gasteiger partial charge in [-0.1, -0.05) is 19.9 Å². The molecule has 0 atom stereocenters. The van der Waals surface area contributed by atoms with E-state index < -0.39 is 15.6 Å². The highest BCUT2D eigenvalue weighted by Gasteiger charge is 2.31. The molecular weight excluding hydrogens is 322 g/mol. The first kappa shape index (κ1) is 21.2. The third-order valence-corrected chi connectivity index (χ3v) is 5.64. The zero-order chi connectivity index (χ0) is 16.3. The molecule has 0 aromatic heterocycles. The first-order chi connectivity index (χ1) is 9.71. The van der Waals surface area contributed by atoms with Crippen LogP contribution in [0, 0.1) is 6.92 Å². The van der Waals surface area contributed by atoms with Crippen molar-refractivity contribution in [2.24, 2.45) is 5.73 Å². The lowest BCUT2D eigenvalue weighted by Gasteiger charge is -2.31. The van der Waals surface area contributed by atoms with Gasteiger partial charge in [0.25, 0.3) is 0 Å². The lowest BCUT2D eigenvalue weighted by Crippen LogP contribution is -2.52. The number of nitrogens with one attached hydrogen (secondary N) is 1. The number of rotatable bonds is 7. The number of halogens is 1. The molecule has 0 saturated carbocycles. The van der Waals surface area contributed by atoms with Crippen molar-refractivity contribution in [3.05, 3.63) is 23.8 Å². The molecule has 1 aromatic rings. The molecule has 0 aliphatic heterocycles. The SMILES string of the molecule is CCC(CC)(CN)NS(=O)(=O)c1ccc(C)c(N(C)C)c1.Cl. The number of hydrogen-bond donors (Lipinski definition) is 2. The minimum Gasteiger partial charge on any atom is -0.377 e. The maximum absolute atomic E-state index is 12.6. The molecule has 22 heavy (non-hydrogen) atoms. The molecule has 7 heteroatoms. The zero-order valence-corrected chi connectivity index (χ0v) is 15.6. The molecule has 0 fully saturated rings. The normalized spacial score (nSPS) is 11.9. The Morgan fingerprint density at radius 1 is 1.23 bits per heavy atom. The van der Waals surface area contributed by atoms with Crippen LogP contribution in [-0.2, 0) is 10.0 Å². The third-order valence-electron chi connectivity index (χ3n) is 4.07. The van der Waals surface area contributed by atoms with Crippen molar-refractivity contribution >= 4 is 28.1 Å². The van der Waals surface area contributed by atoms with E-state index in [1.165, 1.54) is 0 Å². The molecule has 5 nitrogen and oxygen atoms in total. The first-order valence-corrected chi connectivity index (χ1v) is 8.71. The van der Waals surface area contributed by atoms with E-state index in [1.54, 1.807) is 12.1 Å². The Hall–Kier alpha value is -0.820. The van der Waals surface area contributed by atoms with Gasteiger partial charge in [-0.05, 0) is 37.5 Å². The average molecular weight is 350 g/mol. The van der Waals surface area contributed by atoms with Gasteiger partial charge in [0.05, 0.1) is 4.90 Å². The molecule has 1 rings (SSSR count). The van der Waals surface area contributed by atoms with Gasteiger partial charge in [0.15, 0.2) is 0 Å². The summed E-state index contributed by atoms with van der Waals surface area (Å²) in [6, 6.07) is 5.16. The van der Waals surface area contributed by atoms with Crippen molar-refractivity contribution < 1.29 is 8.42 Å². The van der Waals surface area contributed by atoms with Crippen LogP contribution in [0.25, 0.3) is 0 Å². The minimum absolute atomic E-state index is 0. The van der Waals surface area contributed by atoms with E-state index in [2.05, 4.69) is 4.72 Å². The van der Waals surface area contributed by atoms with Crippen molar-refractivity contribution in [2.75, 3.05) is 25.5 Å². The Kier molecular flexibility index (Phi) is 7.85. The van der Waals surface area contributed by atoms with Crippen LogP contribution in [0.5, 0.6) is 0 Å². The van der Waals surface area contributed by atoms with Crippen LogP contribution in [0.2, 0.25) is 0 Å². The predicted molar refractivity (Wildman–Crippen MR) is 95.4 cm³/mol. The molecule has 0 radical (unpaired) electrons. The van der Waals surface area contributed by atoms with E-state index in [1.807, 2.05) is 45.8 Å². The fourth-order valence-corrected chi connectivity index (χ4v) is 3.88. The summed E-state index contributed by atoms with van der Waals surface area (Å²) in [5, 5.41) is 0. The number of benzene rings is 1. The van der Waals surface area contributed by atoms with Crippen molar-refractivity contribution in [1.82, 2.24) is 4.72 Å². The Balaban J connectivity index is 0.00000441. The van der Waals surface area contributed by atoms with E-state index >= 15 is 0 Å². The van der Waals surface area contributed by atoms with Gasteiger partial charge in [-0.3, -0.25) is 0 Å². The quantitative estimate of drug-likeness (QED) is 0.791. The van der Waals surface area contributed by atoms with Gasteiger partial charge < -0.3 is 10.6 Å². The van der Waals surface area contributed by atoms with Gasteiger partial charge >= 0.3 is 0 Å². The number of sulfonamides is 1. The largest absolute Gasteiger partial charge is 0.377 e. The van der Waals surface area contributed by atoms with Crippen LogP contribution in [0.3, 0.4) is 0 Å². The molecule has 0 bridgehead atoms. The van der Waals surface area contributed by atoms with Crippen LogP contribution in [-0.4, -0.2) is 34.6 Å². The van der Waals surface area contributed by atoms with Gasteiger partial charge in [-0.25, -0.2) is 13.1 Å². The second-order valence-electron chi connectivity index (χ2n) is 5.64. The summed E-state index contributed by atoms with van der Waals surface area (Å²) in [6.45, 7) is 6.13. The Morgan fingerprint density at radius 2 is 1.77 bits per heavy atom. The molecule has 0 aliphatic carbocycles. The number of nitrogens with zero attached hydrogens (tertiary/aromatic N) is 1. The molecule has 0 unspecified atom stereocenters. The van der Waals surface area contributed by atoms with E-state index in [9.17, 15) is 8.42 Å². The van der Waals surface area contributed by atoms with Crippen LogP contribution >= 0.6 is 12.4 Å². The second kappa shape index (κ2) is 8.15. The summed E-state index contributed by atoms with van der Waals surface area (Å²) in [6.07, 6.45) is 1.32. The summed E-state index contributed by atoms with van der Waals surface area (Å²) in [4.78, 5) is 2.18. The topological polar surface area (TPSA) is 75.4 Å². The summed E-state index contributed by atoms with van der Waals surface area (Å²) >= 11 is 0. The highest BCUT2D eigenvalue weighted by Crippen LogP contribution is 2.24. The number of nitrogens with two attached hydrogens (primary N) is 1. The van der Waals surface area contributed by atoms with Gasteiger partial charge in [0.1, 0.15) is 0 Å². The highest BCUT2D eigenvalue weighted by molar-refractivity contribution is 7.89. The summed E-state index contributed by atoms with van der Waals surface area (Å²) in [7, 11) is 0.211. The maximum atomic E-state index is 12.6. The molecule has 3 N–H and O–H groups in total. The minimum atomic E-state index is -3.58. The van der Waals surface area contributed by atoms with Crippen molar-refractivity contribution in [3.63, 3.8) is 0 Å². The summed E-state index contributed by atoms with van der Waals surface area (Å²) in [5.41, 5.74) is 7.13. The standard InChI is InChI=1S/C15H27N3O2S.ClH/c1-6-15(7-2,11-16)17-21(19,20)13-9-8-12(3)14(10-13)18(4)5;/h8-10,17H,6-7,11,16H2,1-5H3;1H. The molecule has 0 aliphatic rings. The smallest absolute Gasteiger partial charge is 0.241 e. The van der Waals surface area contributed by atoms with Gasteiger partial charge in [0.2, 0.25) is 10.0 Å². The van der Waals surface area contributed by atoms with Crippen LogP contribution < -0.4 is 15.4 Å². The summed E-state index contributed by atoms with van der Waals surface area (Å²) < 4.78 is 28.0. The fourth-order valence-electron chi connectivity index (χ4n) is 2.31. The van der Waals surface area contributed by atoms with Crippen molar-refractivity contribution in [3.8, 4) is 0 Å². The fraction of sp³-hybridized carbons (Fsp3) is 0.600. The Labute approximate surface area is 140 Å². The lowest BCUT2D eigenvalue weighted by atomic mass is 9.95. The van der Waals surface area contributed by atoms with Gasteiger partial charge in [0, 0.05) is 31.9 Å². The Morgan fingerprint density at radius 3 is 2.18 bits per heavy atom. The van der Waals surface area contributed by atoms with Crippen LogP contribution in [0.4, 0.5) is 5.69 Å². The summed E-state index contributed by atoms with van der Waals surface area (Å²) in [5.74, 6) is 0. The van der Waals surface area contributed by atoms with Crippen LogP contribution in [0.15, 0.2) is 23.1 Å². The van der Waals surface area contributed by atoms with Gasteiger partial charge in [-0.15, -0.1) is 12.4 Å². The predicted octanol–water partition coefficient (Wildman–Crippen LogP) is 2.28. The van der Waals surface area contributed by atoms with E-state index in [0.717, 1.165) is 11.3 Å². The molecule has 0 saturated heterocycles. The highest BCUT2D eigenvalue weighted by atomic mass is 35.5. The van der Waals surface area contributed by atoms with Crippen LogP contribution in [0.1, 0.15) is 32.3 Å². The van der Waals surface area contributed by atoms with E-state index in [-0.39, 0.29) is 23.8 Å². The third kappa shape index (κ3) is 4.59. The van der Waals surface area contributed by atoms with Gasteiger partial charge in [-0.2, -0.15) is 0 Å². The zero-order valence-electron chi connectivity index (χ0n) is 14.0. The monoisotopic (exact) mass is 349 g/mol. The first-order valence-electron chi connectivity index (χ1n) is 7.23. The molecule has 0 heterocycles. The number of anilines is 1. The molecule has 1 aromatic carbocycles. The van der Waals surface area contributed by atoms with Crippen molar-refractivity contribution in [1.29, 1.82) is 0 Å². The maximum Gasteiger partial charge on any atom is 0.241 e. The molecule has 0 amide bonds. The number of hydrogen-bond acceptors (Lipinski definition) is 4. The molecular formula is C15H28ClN3O2S. The van der Waals surface area contributed by atoms with Crippen molar-refractivity contribution in [2.45, 2.75) is 44.0 Å². The number of aryl methyl sites for hydroxylation is 1. The Bertz CT molecular complexity index is 576. The molecule has 128 valence electrons. The van der Waals surface area contributed by atoms with E-state index in [0.29, 0.717) is 12.8 Å². The molecule has 0 spiro atoms. The van der Waals surface area contributed by atoms with E-state index in [4.69, 9.17) is 5.73 Å². The lowest BCUT2D eigenvalue weighted by molar-refractivity contribution is 0.363.